The Morgan fingerprint density at radius 1 is 0.940 bits per heavy atom. The predicted molar refractivity (Wildman–Crippen MR) is 200 cm³/mol. The molecule has 0 fully saturated rings. The highest BCUT2D eigenvalue weighted by atomic mass is 32.1. The number of methoxy groups -OCH3 is 1. The molecule has 9 nitrogen and oxygen atoms in total. The second-order valence-electron chi connectivity index (χ2n) is 13.6. The lowest BCUT2D eigenvalue weighted by molar-refractivity contribution is -0.141. The van der Waals surface area contributed by atoms with Gasteiger partial charge in [0.2, 0.25) is 5.91 Å². The number of carbonyl (C=O) groups excluding carboxylic acids is 2. The monoisotopic (exact) mass is 696 g/mol. The Balaban J connectivity index is 1.54. The van der Waals surface area contributed by atoms with Gasteiger partial charge < -0.3 is 20.5 Å². The lowest BCUT2D eigenvalue weighted by Gasteiger charge is -2.33. The summed E-state index contributed by atoms with van der Waals surface area (Å²) < 4.78 is 5.76. The molecule has 10 heteroatoms. The van der Waals surface area contributed by atoms with Crippen molar-refractivity contribution in [3.05, 3.63) is 101 Å². The van der Waals surface area contributed by atoms with Crippen LogP contribution in [0.2, 0.25) is 0 Å². The number of carboxylic acid groups (broad SMARTS) is 1. The molecule has 0 spiro atoms. The number of aromatic nitrogens is 2. The number of nitrogens with one attached hydrogen (secondary N) is 2. The lowest BCUT2D eigenvalue weighted by atomic mass is 9.72. The zero-order valence-electron chi connectivity index (χ0n) is 30.0. The van der Waals surface area contributed by atoms with Gasteiger partial charge in [0.1, 0.15) is 17.8 Å². The van der Waals surface area contributed by atoms with Crippen molar-refractivity contribution in [3.8, 4) is 28.3 Å². The van der Waals surface area contributed by atoms with Gasteiger partial charge >= 0.3 is 5.97 Å². The Morgan fingerprint density at radius 3 is 2.12 bits per heavy atom. The van der Waals surface area contributed by atoms with Gasteiger partial charge in [-0.1, -0.05) is 71.0 Å². The first-order valence-corrected chi connectivity index (χ1v) is 17.7. The van der Waals surface area contributed by atoms with E-state index in [-0.39, 0.29) is 17.3 Å². The molecule has 3 N–H and O–H groups in total. The van der Waals surface area contributed by atoms with Crippen LogP contribution in [0.3, 0.4) is 0 Å². The molecule has 264 valence electrons. The second kappa shape index (κ2) is 16.3. The first-order chi connectivity index (χ1) is 23.7. The normalized spacial score (nSPS) is 12.9. The summed E-state index contributed by atoms with van der Waals surface area (Å²) in [7, 11) is 1.70. The predicted octanol–water partition coefficient (Wildman–Crippen LogP) is 7.74. The highest BCUT2D eigenvalue weighted by Crippen LogP contribution is 2.42. The van der Waals surface area contributed by atoms with Crippen molar-refractivity contribution in [2.45, 2.75) is 90.1 Å². The van der Waals surface area contributed by atoms with Gasteiger partial charge in [-0.2, -0.15) is 0 Å². The molecular formula is C40H48N4O5S. The van der Waals surface area contributed by atoms with E-state index in [0.29, 0.717) is 10.7 Å². The number of hydrogen-bond donors (Lipinski definition) is 3. The summed E-state index contributed by atoms with van der Waals surface area (Å²) in [6.45, 7) is 16.0. The second-order valence-corrected chi connectivity index (χ2v) is 14.7. The number of nitrogens with zero attached hydrogens (tertiary/aromatic N) is 2. The molecule has 4 rings (SSSR count). The molecule has 4 aromatic rings. The molecule has 0 unspecified atom stereocenters. The number of allylic oxidation sites excluding steroid dienone is 1. The minimum absolute atomic E-state index is 0.0810. The van der Waals surface area contributed by atoms with E-state index in [1.807, 2.05) is 60.9 Å². The third-order valence-electron chi connectivity index (χ3n) is 9.22. The summed E-state index contributed by atoms with van der Waals surface area (Å²) in [6.07, 6.45) is 8.50. The van der Waals surface area contributed by atoms with E-state index < -0.39 is 29.9 Å². The minimum Gasteiger partial charge on any atom is -0.496 e. The van der Waals surface area contributed by atoms with Crippen molar-refractivity contribution in [2.24, 2.45) is 0 Å². The first kappa shape index (κ1) is 38.0. The number of rotatable bonds is 15. The molecular weight excluding hydrogens is 649 g/mol. The molecule has 2 aromatic carbocycles. The van der Waals surface area contributed by atoms with Crippen LogP contribution in [-0.2, 0) is 26.8 Å². The van der Waals surface area contributed by atoms with Gasteiger partial charge in [0, 0.05) is 45.8 Å². The largest absolute Gasteiger partial charge is 0.496 e. The van der Waals surface area contributed by atoms with Crippen LogP contribution < -0.4 is 15.4 Å². The fraction of sp³-hybridized carbons (Fsp3) is 0.375. The number of benzene rings is 2. The zero-order valence-corrected chi connectivity index (χ0v) is 30.8. The Kier molecular flexibility index (Phi) is 12.3. The standard InChI is InChI=1S/C40H48N4O5S/c1-9-20-40(10-2,11-3)30-22-28(16-17-32(30)49-8)29-23-41-35(42-24-29)27-14-12-26(13-15-27)21-31(36(45)43-25(4)38(47)48)44-37(46)33-18-19-34(50-33)39(5,6)7/h9,12-19,22-25,31H,1,10-11,20-21H2,2-8H3,(H,43,45)(H,44,46)(H,47,48)/t25-,31+/m1/s1. The van der Waals surface area contributed by atoms with E-state index in [0.717, 1.165) is 57.7 Å². The van der Waals surface area contributed by atoms with Crippen LogP contribution in [0.1, 0.15) is 86.5 Å². The molecule has 0 saturated heterocycles. The number of carbonyl (C=O) groups is 3. The van der Waals surface area contributed by atoms with E-state index in [2.05, 4.69) is 67.9 Å². The van der Waals surface area contributed by atoms with E-state index in [4.69, 9.17) is 4.74 Å². The first-order valence-electron chi connectivity index (χ1n) is 16.9. The molecule has 0 bridgehead atoms. The summed E-state index contributed by atoms with van der Waals surface area (Å²) in [5.74, 6) is -0.734. The summed E-state index contributed by atoms with van der Waals surface area (Å²) in [6, 6.07) is 15.2. The molecule has 50 heavy (non-hydrogen) atoms. The maximum atomic E-state index is 13.2. The van der Waals surface area contributed by atoms with Crippen LogP contribution in [0.25, 0.3) is 22.5 Å². The lowest BCUT2D eigenvalue weighted by Crippen LogP contribution is -2.51. The minimum atomic E-state index is -1.16. The van der Waals surface area contributed by atoms with Crippen molar-refractivity contribution < 1.29 is 24.2 Å². The van der Waals surface area contributed by atoms with Gasteiger partial charge in [-0.25, -0.2) is 9.97 Å². The molecule has 2 atom stereocenters. The fourth-order valence-electron chi connectivity index (χ4n) is 5.94. The number of amides is 2. The maximum Gasteiger partial charge on any atom is 0.325 e. The van der Waals surface area contributed by atoms with E-state index >= 15 is 0 Å². The quantitative estimate of drug-likeness (QED) is 0.108. The third kappa shape index (κ3) is 8.84. The van der Waals surface area contributed by atoms with Crippen LogP contribution in [0, 0.1) is 0 Å². The van der Waals surface area contributed by atoms with Gasteiger partial charge in [0.05, 0.1) is 12.0 Å². The van der Waals surface area contributed by atoms with Crippen LogP contribution in [0.4, 0.5) is 0 Å². The van der Waals surface area contributed by atoms with Crippen LogP contribution >= 0.6 is 11.3 Å². The van der Waals surface area contributed by atoms with Crippen molar-refractivity contribution in [1.29, 1.82) is 0 Å². The molecule has 2 heterocycles. The van der Waals surface area contributed by atoms with E-state index in [1.165, 1.54) is 18.3 Å². The molecule has 2 amide bonds. The average molecular weight is 697 g/mol. The van der Waals surface area contributed by atoms with Gasteiger partial charge in [-0.3, -0.25) is 14.4 Å². The zero-order chi connectivity index (χ0) is 36.6. The van der Waals surface area contributed by atoms with Crippen LogP contribution in [-0.4, -0.2) is 52.1 Å². The summed E-state index contributed by atoms with van der Waals surface area (Å²) in [5, 5.41) is 14.7. The topological polar surface area (TPSA) is 131 Å². The SMILES string of the molecule is C=CCC(CC)(CC)c1cc(-c2cnc(-c3ccc(C[C@H](NC(=O)c4ccc(C(C)(C)C)s4)C(=O)N[C@H](C)C(=O)O)cc3)nc2)ccc1OC. The molecule has 0 aliphatic carbocycles. The molecule has 0 aliphatic heterocycles. The van der Waals surface area contributed by atoms with Gasteiger partial charge in [0.25, 0.3) is 5.91 Å². The average Bonchev–Trinajstić information content (AvgIpc) is 3.62. The summed E-state index contributed by atoms with van der Waals surface area (Å²) in [5.41, 5.74) is 4.39. The van der Waals surface area contributed by atoms with Crippen LogP contribution in [0.5, 0.6) is 5.75 Å². The number of thiophene rings is 1. The van der Waals surface area contributed by atoms with Crippen molar-refractivity contribution in [2.75, 3.05) is 7.11 Å². The van der Waals surface area contributed by atoms with Crippen LogP contribution in [0.15, 0.2) is 79.6 Å². The van der Waals surface area contributed by atoms with E-state index in [1.54, 1.807) is 13.2 Å². The summed E-state index contributed by atoms with van der Waals surface area (Å²) >= 11 is 1.37. The Bertz CT molecular complexity index is 1800. The molecule has 2 aromatic heterocycles. The van der Waals surface area contributed by atoms with E-state index in [9.17, 15) is 19.5 Å². The Hall–Kier alpha value is -4.83. The van der Waals surface area contributed by atoms with Crippen molar-refractivity contribution in [1.82, 2.24) is 20.6 Å². The third-order valence-corrected chi connectivity index (χ3v) is 10.7. The molecule has 0 saturated carbocycles. The van der Waals surface area contributed by atoms with Crippen molar-refractivity contribution >= 4 is 29.1 Å². The van der Waals surface area contributed by atoms with Gasteiger partial charge in [0.15, 0.2) is 5.82 Å². The molecule has 0 radical (unpaired) electrons. The number of hydrogen-bond acceptors (Lipinski definition) is 7. The van der Waals surface area contributed by atoms with Gasteiger partial charge in [-0.05, 0) is 67.0 Å². The fourth-order valence-corrected chi connectivity index (χ4v) is 6.90. The highest BCUT2D eigenvalue weighted by Gasteiger charge is 2.31. The maximum absolute atomic E-state index is 13.2. The van der Waals surface area contributed by atoms with Gasteiger partial charge in [-0.15, -0.1) is 17.9 Å². The Morgan fingerprint density at radius 2 is 1.58 bits per heavy atom. The number of carboxylic acids is 1. The van der Waals surface area contributed by atoms with Crippen molar-refractivity contribution in [3.63, 3.8) is 0 Å². The number of aliphatic carboxylic acids is 1. The smallest absolute Gasteiger partial charge is 0.325 e. The summed E-state index contributed by atoms with van der Waals surface area (Å²) in [4.78, 5) is 48.7. The number of ether oxygens (including phenoxy) is 1. The Labute approximate surface area is 299 Å². The molecule has 0 aliphatic rings. The highest BCUT2D eigenvalue weighted by molar-refractivity contribution is 7.14.